The Balaban J connectivity index is 1.59. The molecule has 1 aromatic heterocycles. The highest BCUT2D eigenvalue weighted by Gasteiger charge is 2.21. The number of carbonyl (C=O) groups excluding carboxylic acids is 1. The lowest BCUT2D eigenvalue weighted by molar-refractivity contribution is -0.129. The Bertz CT molecular complexity index is 502. The van der Waals surface area contributed by atoms with E-state index in [1.54, 1.807) is 6.92 Å². The molecule has 2 aliphatic rings. The van der Waals surface area contributed by atoms with Crippen molar-refractivity contribution < 1.29 is 4.79 Å². The molecule has 0 unspecified atom stereocenters. The van der Waals surface area contributed by atoms with Crippen LogP contribution < -0.4 is 9.80 Å². The number of piperazine rings is 1. The molecule has 1 amide bonds. The Morgan fingerprint density at radius 1 is 0.955 bits per heavy atom. The van der Waals surface area contributed by atoms with Gasteiger partial charge in [-0.2, -0.15) is 0 Å². The highest BCUT2D eigenvalue weighted by molar-refractivity contribution is 5.73. The van der Waals surface area contributed by atoms with Gasteiger partial charge < -0.3 is 14.7 Å². The summed E-state index contributed by atoms with van der Waals surface area (Å²) in [5, 5.41) is 8.81. The summed E-state index contributed by atoms with van der Waals surface area (Å²) in [6.45, 7) is 9.28. The molecule has 0 spiro atoms. The number of piperidine rings is 1. The zero-order chi connectivity index (χ0) is 15.5. The lowest BCUT2D eigenvalue weighted by atomic mass is 9.99. The molecule has 3 heterocycles. The fourth-order valence-electron chi connectivity index (χ4n) is 3.14. The summed E-state index contributed by atoms with van der Waals surface area (Å²) in [7, 11) is 0. The maximum Gasteiger partial charge on any atom is 0.219 e. The topological polar surface area (TPSA) is 52.6 Å². The highest BCUT2D eigenvalue weighted by Crippen LogP contribution is 2.22. The molecule has 2 aliphatic heterocycles. The lowest BCUT2D eigenvalue weighted by Gasteiger charge is -2.35. The number of anilines is 2. The van der Waals surface area contributed by atoms with Gasteiger partial charge in [0.1, 0.15) is 0 Å². The third-order valence-electron chi connectivity index (χ3n) is 4.79. The standard InChI is InChI=1S/C16H25N5O/c1-13-5-7-20(8-6-13)15-3-4-16(18-17-15)21-11-9-19(10-12-21)14(2)22/h3-4,13H,5-12H2,1-2H3. The summed E-state index contributed by atoms with van der Waals surface area (Å²) >= 11 is 0. The Morgan fingerprint density at radius 2 is 1.45 bits per heavy atom. The van der Waals surface area contributed by atoms with Crippen LogP contribution in [-0.2, 0) is 4.79 Å². The molecule has 0 radical (unpaired) electrons. The molecule has 0 atom stereocenters. The van der Waals surface area contributed by atoms with Gasteiger partial charge in [-0.1, -0.05) is 6.92 Å². The van der Waals surface area contributed by atoms with E-state index in [-0.39, 0.29) is 5.91 Å². The molecule has 120 valence electrons. The van der Waals surface area contributed by atoms with E-state index in [1.807, 2.05) is 4.90 Å². The van der Waals surface area contributed by atoms with Crippen molar-refractivity contribution in [2.45, 2.75) is 26.7 Å². The van der Waals surface area contributed by atoms with Crippen LogP contribution in [-0.4, -0.2) is 60.3 Å². The second kappa shape index (κ2) is 6.50. The average molecular weight is 303 g/mol. The number of aromatic nitrogens is 2. The van der Waals surface area contributed by atoms with E-state index in [4.69, 9.17) is 0 Å². The van der Waals surface area contributed by atoms with Crippen molar-refractivity contribution in [3.8, 4) is 0 Å². The van der Waals surface area contributed by atoms with E-state index < -0.39 is 0 Å². The average Bonchev–Trinajstić information content (AvgIpc) is 2.56. The van der Waals surface area contributed by atoms with E-state index in [0.29, 0.717) is 0 Å². The maximum absolute atomic E-state index is 11.4. The van der Waals surface area contributed by atoms with Gasteiger partial charge in [0.25, 0.3) is 0 Å². The second-order valence-corrected chi connectivity index (χ2v) is 6.41. The fraction of sp³-hybridized carbons (Fsp3) is 0.688. The maximum atomic E-state index is 11.4. The number of nitrogens with zero attached hydrogens (tertiary/aromatic N) is 5. The van der Waals surface area contributed by atoms with Crippen LogP contribution in [0.2, 0.25) is 0 Å². The van der Waals surface area contributed by atoms with Crippen LogP contribution in [0.3, 0.4) is 0 Å². The van der Waals surface area contributed by atoms with Gasteiger partial charge >= 0.3 is 0 Å². The molecule has 0 saturated carbocycles. The van der Waals surface area contributed by atoms with E-state index in [9.17, 15) is 4.79 Å². The quantitative estimate of drug-likeness (QED) is 0.826. The molecular weight excluding hydrogens is 278 g/mol. The molecule has 2 fully saturated rings. The summed E-state index contributed by atoms with van der Waals surface area (Å²) in [5.74, 6) is 2.87. The van der Waals surface area contributed by atoms with Gasteiger partial charge in [0.05, 0.1) is 0 Å². The van der Waals surface area contributed by atoms with Gasteiger partial charge in [-0.15, -0.1) is 10.2 Å². The van der Waals surface area contributed by atoms with Crippen molar-refractivity contribution in [3.63, 3.8) is 0 Å². The molecule has 6 nitrogen and oxygen atoms in total. The number of carbonyl (C=O) groups is 1. The first-order valence-electron chi connectivity index (χ1n) is 8.22. The summed E-state index contributed by atoms with van der Waals surface area (Å²) < 4.78 is 0. The SMILES string of the molecule is CC(=O)N1CCN(c2ccc(N3CCC(C)CC3)nn2)CC1. The van der Waals surface area contributed by atoms with Crippen molar-refractivity contribution in [2.75, 3.05) is 49.1 Å². The van der Waals surface area contributed by atoms with E-state index in [2.05, 4.69) is 39.1 Å². The largest absolute Gasteiger partial charge is 0.355 e. The monoisotopic (exact) mass is 303 g/mol. The van der Waals surface area contributed by atoms with Gasteiger partial charge in [-0.25, -0.2) is 0 Å². The first kappa shape index (κ1) is 15.1. The van der Waals surface area contributed by atoms with Crippen molar-refractivity contribution in [1.29, 1.82) is 0 Å². The summed E-state index contributed by atoms with van der Waals surface area (Å²) in [6.07, 6.45) is 2.47. The highest BCUT2D eigenvalue weighted by atomic mass is 16.2. The minimum absolute atomic E-state index is 0.153. The van der Waals surface area contributed by atoms with Gasteiger partial charge in [0.15, 0.2) is 11.6 Å². The van der Waals surface area contributed by atoms with Crippen LogP contribution in [0, 0.1) is 5.92 Å². The first-order chi connectivity index (χ1) is 10.6. The third-order valence-corrected chi connectivity index (χ3v) is 4.79. The molecule has 0 bridgehead atoms. The zero-order valence-corrected chi connectivity index (χ0v) is 13.5. The smallest absolute Gasteiger partial charge is 0.219 e. The number of amides is 1. The van der Waals surface area contributed by atoms with Crippen molar-refractivity contribution in [3.05, 3.63) is 12.1 Å². The van der Waals surface area contributed by atoms with Crippen molar-refractivity contribution in [1.82, 2.24) is 15.1 Å². The van der Waals surface area contributed by atoms with Crippen LogP contribution in [0.15, 0.2) is 12.1 Å². The first-order valence-corrected chi connectivity index (χ1v) is 8.22. The number of rotatable bonds is 2. The number of hydrogen-bond donors (Lipinski definition) is 0. The Labute approximate surface area is 132 Å². The molecule has 1 aromatic rings. The third kappa shape index (κ3) is 3.31. The molecule has 6 heteroatoms. The van der Waals surface area contributed by atoms with Crippen LogP contribution in [0.4, 0.5) is 11.6 Å². The van der Waals surface area contributed by atoms with Gasteiger partial charge in [-0.05, 0) is 30.9 Å². The normalized spacial score (nSPS) is 20.4. The Hall–Kier alpha value is -1.85. The van der Waals surface area contributed by atoms with Crippen molar-refractivity contribution >= 4 is 17.5 Å². The fourth-order valence-corrected chi connectivity index (χ4v) is 3.14. The molecular formula is C16H25N5O. The summed E-state index contributed by atoms with van der Waals surface area (Å²) in [6, 6.07) is 4.14. The molecule has 0 N–H and O–H groups in total. The predicted octanol–water partition coefficient (Wildman–Crippen LogP) is 1.38. The minimum Gasteiger partial charge on any atom is -0.355 e. The summed E-state index contributed by atoms with van der Waals surface area (Å²) in [5.41, 5.74) is 0. The summed E-state index contributed by atoms with van der Waals surface area (Å²) in [4.78, 5) is 17.8. The zero-order valence-electron chi connectivity index (χ0n) is 13.5. The molecule has 0 aromatic carbocycles. The van der Waals surface area contributed by atoms with Gasteiger partial charge in [0.2, 0.25) is 5.91 Å². The Kier molecular flexibility index (Phi) is 4.45. The molecule has 0 aliphatic carbocycles. The van der Waals surface area contributed by atoms with E-state index in [0.717, 1.165) is 56.8 Å². The van der Waals surface area contributed by atoms with Crippen LogP contribution >= 0.6 is 0 Å². The molecule has 3 rings (SSSR count). The minimum atomic E-state index is 0.153. The van der Waals surface area contributed by atoms with Gasteiger partial charge in [0, 0.05) is 46.2 Å². The van der Waals surface area contributed by atoms with E-state index >= 15 is 0 Å². The van der Waals surface area contributed by atoms with Crippen molar-refractivity contribution in [2.24, 2.45) is 5.92 Å². The van der Waals surface area contributed by atoms with Gasteiger partial charge in [-0.3, -0.25) is 4.79 Å². The predicted molar refractivity (Wildman–Crippen MR) is 87.1 cm³/mol. The van der Waals surface area contributed by atoms with Crippen LogP contribution in [0.25, 0.3) is 0 Å². The van der Waals surface area contributed by atoms with Crippen LogP contribution in [0.1, 0.15) is 26.7 Å². The second-order valence-electron chi connectivity index (χ2n) is 6.41. The lowest BCUT2D eigenvalue weighted by Crippen LogP contribution is -2.48. The number of hydrogen-bond acceptors (Lipinski definition) is 5. The molecule has 2 saturated heterocycles. The van der Waals surface area contributed by atoms with E-state index in [1.165, 1.54) is 12.8 Å². The Morgan fingerprint density at radius 3 is 1.91 bits per heavy atom. The molecule has 22 heavy (non-hydrogen) atoms. The van der Waals surface area contributed by atoms with Crippen LogP contribution in [0.5, 0.6) is 0 Å².